The summed E-state index contributed by atoms with van der Waals surface area (Å²) < 4.78 is 1.16. The van der Waals surface area contributed by atoms with E-state index in [9.17, 15) is 0 Å². The van der Waals surface area contributed by atoms with Crippen LogP contribution in [-0.2, 0) is 0 Å². The van der Waals surface area contributed by atoms with Crippen LogP contribution in [0.4, 0.5) is 0 Å². The van der Waals surface area contributed by atoms with E-state index in [-0.39, 0.29) is 0 Å². The summed E-state index contributed by atoms with van der Waals surface area (Å²) in [5, 5.41) is 9.65. The highest BCUT2D eigenvalue weighted by atomic mass is 127. The first-order chi connectivity index (χ1) is 29.1. The van der Waals surface area contributed by atoms with Gasteiger partial charge in [-0.05, 0) is 155 Å². The Labute approximate surface area is 356 Å². The van der Waals surface area contributed by atoms with Crippen LogP contribution in [0.5, 0.6) is 0 Å². The van der Waals surface area contributed by atoms with Crippen LogP contribution in [0.15, 0.2) is 212 Å². The lowest BCUT2D eigenvalue weighted by Gasteiger charge is -2.15. The Balaban J connectivity index is 1.09. The number of pyridine rings is 2. The average molecular weight is 863 g/mol. The van der Waals surface area contributed by atoms with Crippen LogP contribution in [-0.4, -0.2) is 9.97 Å². The second-order valence-corrected chi connectivity index (χ2v) is 16.5. The van der Waals surface area contributed by atoms with Crippen LogP contribution in [0.1, 0.15) is 0 Å². The molecular formula is C56H35IN2. The molecule has 2 heterocycles. The number of fused-ring (bicyclic) bond motifs is 4. The van der Waals surface area contributed by atoms with E-state index in [1.807, 2.05) is 0 Å². The van der Waals surface area contributed by atoms with E-state index in [0.717, 1.165) is 70.9 Å². The number of hydrogen-bond acceptors (Lipinski definition) is 2. The number of benzene rings is 9. The topological polar surface area (TPSA) is 25.8 Å². The quantitative estimate of drug-likeness (QED) is 0.156. The van der Waals surface area contributed by atoms with E-state index in [4.69, 9.17) is 9.97 Å². The number of rotatable bonds is 6. The lowest BCUT2D eigenvalue weighted by atomic mass is 9.94. The van der Waals surface area contributed by atoms with E-state index in [0.29, 0.717) is 0 Å². The van der Waals surface area contributed by atoms with Gasteiger partial charge in [-0.1, -0.05) is 146 Å². The first-order valence-electron chi connectivity index (χ1n) is 19.9. The molecule has 0 N–H and O–H groups in total. The zero-order chi connectivity index (χ0) is 39.3. The predicted molar refractivity (Wildman–Crippen MR) is 257 cm³/mol. The molecule has 0 aliphatic carbocycles. The minimum absolute atomic E-state index is 0.943. The Morgan fingerprint density at radius 3 is 0.763 bits per heavy atom. The monoisotopic (exact) mass is 862 g/mol. The smallest absolute Gasteiger partial charge is 0.0715 e. The molecule has 0 saturated heterocycles. The van der Waals surface area contributed by atoms with Gasteiger partial charge in [0.05, 0.1) is 22.8 Å². The van der Waals surface area contributed by atoms with Crippen molar-refractivity contribution in [3.63, 3.8) is 0 Å². The molecule has 0 unspecified atom stereocenters. The molecule has 0 spiro atoms. The van der Waals surface area contributed by atoms with E-state index in [1.165, 1.54) is 43.1 Å². The number of nitrogens with zero attached hydrogens (tertiary/aromatic N) is 2. The van der Waals surface area contributed by atoms with Gasteiger partial charge in [-0.15, -0.1) is 0 Å². The number of aromatic nitrogens is 2. The summed E-state index contributed by atoms with van der Waals surface area (Å²) in [6.07, 6.45) is 0. The molecule has 0 aliphatic rings. The van der Waals surface area contributed by atoms with Crippen molar-refractivity contribution in [2.24, 2.45) is 0 Å². The molecule has 2 nitrogen and oxygen atoms in total. The third-order valence-electron chi connectivity index (χ3n) is 11.4. The highest BCUT2D eigenvalue weighted by molar-refractivity contribution is 14.1. The highest BCUT2D eigenvalue weighted by Gasteiger charge is 2.15. The summed E-state index contributed by atoms with van der Waals surface area (Å²) >= 11 is 2.47. The summed E-state index contributed by atoms with van der Waals surface area (Å²) in [7, 11) is 0. The lowest BCUT2D eigenvalue weighted by molar-refractivity contribution is 1.32. The number of halogens is 1. The molecular weight excluding hydrogens is 828 g/mol. The van der Waals surface area contributed by atoms with Crippen molar-refractivity contribution >= 4 is 65.7 Å². The van der Waals surface area contributed by atoms with E-state index < -0.39 is 0 Å². The van der Waals surface area contributed by atoms with Gasteiger partial charge in [0.1, 0.15) is 0 Å². The summed E-state index contributed by atoms with van der Waals surface area (Å²) in [6, 6.07) is 76.5. The zero-order valence-electron chi connectivity index (χ0n) is 32.0. The van der Waals surface area contributed by atoms with Gasteiger partial charge < -0.3 is 0 Å². The minimum Gasteiger partial charge on any atom is -0.248 e. The van der Waals surface area contributed by atoms with Crippen LogP contribution in [0.3, 0.4) is 0 Å². The fourth-order valence-corrected chi connectivity index (χ4v) is 8.97. The van der Waals surface area contributed by atoms with E-state index in [1.54, 1.807) is 0 Å². The fourth-order valence-electron chi connectivity index (χ4n) is 8.30. The third-order valence-corrected chi connectivity index (χ3v) is 12.0. The molecule has 59 heavy (non-hydrogen) atoms. The molecule has 0 atom stereocenters. The maximum absolute atomic E-state index is 5.34. The molecule has 11 aromatic rings. The van der Waals surface area contributed by atoms with Gasteiger partial charge in [-0.3, -0.25) is 0 Å². The molecule has 9 aromatic carbocycles. The molecule has 0 bridgehead atoms. The fraction of sp³-hybridized carbons (Fsp3) is 0. The summed E-state index contributed by atoms with van der Waals surface area (Å²) in [5.74, 6) is 0. The van der Waals surface area contributed by atoms with Gasteiger partial charge in [-0.2, -0.15) is 0 Å². The Morgan fingerprint density at radius 1 is 0.220 bits per heavy atom. The van der Waals surface area contributed by atoms with E-state index >= 15 is 0 Å². The molecule has 0 fully saturated rings. The summed E-state index contributed by atoms with van der Waals surface area (Å²) in [6.45, 7) is 0. The van der Waals surface area contributed by atoms with Crippen molar-refractivity contribution in [1.29, 1.82) is 0 Å². The first kappa shape index (κ1) is 35.2. The highest BCUT2D eigenvalue weighted by Crippen LogP contribution is 2.38. The SMILES string of the molecule is Ic1cc(-c2cc(-c3ccc4ccccc4c3)nc(-c3ccc4ccccc4c3)c2)cc(-c2cc(-c3ccc4ccccc4c3)nc(-c3ccc4ccccc4c3)c2)c1. The van der Waals surface area contributed by atoms with Crippen LogP contribution < -0.4 is 0 Å². The lowest BCUT2D eigenvalue weighted by Crippen LogP contribution is -1.94. The van der Waals surface area contributed by atoms with Gasteiger partial charge >= 0.3 is 0 Å². The predicted octanol–water partition coefficient (Wildman–Crippen LogP) is 15.7. The van der Waals surface area contributed by atoms with E-state index in [2.05, 4.69) is 235 Å². The van der Waals surface area contributed by atoms with Gasteiger partial charge in [0.2, 0.25) is 0 Å². The Hall–Kier alpha value is -6.95. The molecule has 11 rings (SSSR count). The summed E-state index contributed by atoms with van der Waals surface area (Å²) in [5.41, 5.74) is 12.6. The van der Waals surface area contributed by atoms with Crippen LogP contribution in [0.25, 0.3) is 110 Å². The zero-order valence-corrected chi connectivity index (χ0v) is 34.1. The van der Waals surface area contributed by atoms with Crippen molar-refractivity contribution in [2.75, 3.05) is 0 Å². The van der Waals surface area contributed by atoms with Gasteiger partial charge in [0, 0.05) is 25.8 Å². The van der Waals surface area contributed by atoms with Crippen LogP contribution in [0, 0.1) is 3.57 Å². The second kappa shape index (κ2) is 14.8. The number of hydrogen-bond donors (Lipinski definition) is 0. The maximum Gasteiger partial charge on any atom is 0.0715 e. The maximum atomic E-state index is 5.34. The third kappa shape index (κ3) is 6.94. The minimum atomic E-state index is 0.943. The Morgan fingerprint density at radius 2 is 0.475 bits per heavy atom. The molecule has 3 heteroatoms. The average Bonchev–Trinajstić information content (AvgIpc) is 3.30. The molecule has 2 aromatic heterocycles. The Kier molecular flexibility index (Phi) is 8.82. The van der Waals surface area contributed by atoms with Gasteiger partial charge in [0.25, 0.3) is 0 Å². The van der Waals surface area contributed by atoms with Crippen molar-refractivity contribution < 1.29 is 0 Å². The standard InChI is InChI=1S/C56H35IN2/c57-52-30-48(50-32-53(44-21-17-36-9-1-5-13-40(36)25-44)58-54(33-50)45-22-18-37-10-2-6-14-41(37)26-45)29-49(31-52)51-34-55(46-23-19-38-11-3-7-15-42(38)27-46)59-56(35-51)47-24-20-39-12-4-8-16-43(39)28-47/h1-35H. The molecule has 276 valence electrons. The largest absolute Gasteiger partial charge is 0.248 e. The summed E-state index contributed by atoms with van der Waals surface area (Å²) in [4.78, 5) is 10.7. The molecule has 0 amide bonds. The van der Waals surface area contributed by atoms with Crippen molar-refractivity contribution in [1.82, 2.24) is 9.97 Å². The molecule has 0 aliphatic heterocycles. The molecule has 0 radical (unpaired) electrons. The molecule has 0 saturated carbocycles. The second-order valence-electron chi connectivity index (χ2n) is 15.2. The van der Waals surface area contributed by atoms with Crippen LogP contribution >= 0.6 is 22.6 Å². The van der Waals surface area contributed by atoms with Gasteiger partial charge in [0.15, 0.2) is 0 Å². The van der Waals surface area contributed by atoms with Crippen molar-refractivity contribution in [3.05, 3.63) is 216 Å². The van der Waals surface area contributed by atoms with Crippen LogP contribution in [0.2, 0.25) is 0 Å². The van der Waals surface area contributed by atoms with Crippen molar-refractivity contribution in [2.45, 2.75) is 0 Å². The normalized spacial score (nSPS) is 11.5. The van der Waals surface area contributed by atoms with Crippen molar-refractivity contribution in [3.8, 4) is 67.3 Å². The Bertz CT molecular complexity index is 3000. The van der Waals surface area contributed by atoms with Gasteiger partial charge in [-0.25, -0.2) is 9.97 Å². The first-order valence-corrected chi connectivity index (χ1v) is 21.0.